The minimum atomic E-state index is -0.903. The van der Waals surface area contributed by atoms with Crippen molar-refractivity contribution in [3.8, 4) is 17.2 Å². The fraction of sp³-hybridized carbons (Fsp3) is 0.214. The van der Waals surface area contributed by atoms with Gasteiger partial charge in [0.15, 0.2) is 11.5 Å². The zero-order valence-corrected chi connectivity index (χ0v) is 19.5. The Hall–Kier alpha value is -4.26. The fourth-order valence-corrected chi connectivity index (χ4v) is 4.52. The molecule has 0 bridgehead atoms. The number of hydrogen-bond acceptors (Lipinski definition) is 6. The van der Waals surface area contributed by atoms with Crippen LogP contribution < -0.4 is 19.1 Å². The number of aliphatic hydroxyl groups excluding tert-OH is 1. The molecule has 2 aliphatic rings. The maximum atomic E-state index is 13.4. The number of para-hydroxylation sites is 1. The highest BCUT2D eigenvalue weighted by molar-refractivity contribution is 6.51. The van der Waals surface area contributed by atoms with E-state index in [4.69, 9.17) is 14.2 Å². The first kappa shape index (κ1) is 22.5. The highest BCUT2D eigenvalue weighted by Gasteiger charge is 2.48. The maximum Gasteiger partial charge on any atom is 0.300 e. The number of nitrogens with zero attached hydrogens (tertiary/aromatic N) is 1. The zero-order chi connectivity index (χ0) is 24.5. The lowest BCUT2D eigenvalue weighted by Crippen LogP contribution is -2.30. The Balaban J connectivity index is 1.71. The number of ether oxygens (including phenoxy) is 3. The van der Waals surface area contributed by atoms with Crippen LogP contribution in [0.2, 0.25) is 0 Å². The molecule has 1 fully saturated rings. The number of aryl methyl sites for hydroxylation is 1. The molecule has 2 aliphatic heterocycles. The van der Waals surface area contributed by atoms with Crippen LogP contribution in [0.15, 0.2) is 72.3 Å². The summed E-state index contributed by atoms with van der Waals surface area (Å²) in [6, 6.07) is 18.6. The number of hydrogen-bond donors (Lipinski definition) is 1. The van der Waals surface area contributed by atoms with Crippen LogP contribution in [-0.4, -0.2) is 37.1 Å². The largest absolute Gasteiger partial charge is 0.507 e. The predicted octanol–water partition coefficient (Wildman–Crippen LogP) is 4.66. The highest BCUT2D eigenvalue weighted by Crippen LogP contribution is 2.46. The standard InChI is InChI=1S/C28H25NO6/c1-3-17-8-10-18(11-9-17)26(30)24-25(20-6-4-5-7-21(20)33-2)29(28(32)27(24)31)19-12-13-22-23(16-19)35-15-14-34-22/h4-13,16,25,30H,3,14-15H2,1-2H3/b26-24+. The van der Waals surface area contributed by atoms with Crippen LogP contribution in [0.1, 0.15) is 29.7 Å². The molecule has 7 nitrogen and oxygen atoms in total. The molecule has 3 aromatic rings. The summed E-state index contributed by atoms with van der Waals surface area (Å²) in [4.78, 5) is 28.2. The topological polar surface area (TPSA) is 85.3 Å². The first-order chi connectivity index (χ1) is 17.0. The monoisotopic (exact) mass is 471 g/mol. The summed E-state index contributed by atoms with van der Waals surface area (Å²) in [6.07, 6.45) is 0.844. The van der Waals surface area contributed by atoms with E-state index in [1.807, 2.05) is 25.1 Å². The van der Waals surface area contributed by atoms with E-state index in [-0.39, 0.29) is 11.3 Å². The Morgan fingerprint density at radius 2 is 1.71 bits per heavy atom. The van der Waals surface area contributed by atoms with E-state index in [2.05, 4.69) is 0 Å². The molecular formula is C28H25NO6. The first-order valence-corrected chi connectivity index (χ1v) is 11.5. The van der Waals surface area contributed by atoms with Crippen LogP contribution in [0.5, 0.6) is 17.2 Å². The summed E-state index contributed by atoms with van der Waals surface area (Å²) < 4.78 is 16.9. The molecule has 0 radical (unpaired) electrons. The van der Waals surface area contributed by atoms with Gasteiger partial charge in [0.25, 0.3) is 11.7 Å². The summed E-state index contributed by atoms with van der Waals surface area (Å²) in [5.41, 5.74) is 2.59. The lowest BCUT2D eigenvalue weighted by molar-refractivity contribution is -0.132. The molecule has 0 saturated carbocycles. The van der Waals surface area contributed by atoms with Crippen molar-refractivity contribution in [2.45, 2.75) is 19.4 Å². The number of methoxy groups -OCH3 is 1. The number of carbonyl (C=O) groups is 2. The molecule has 5 rings (SSSR count). The van der Waals surface area contributed by atoms with Crippen molar-refractivity contribution in [1.82, 2.24) is 0 Å². The molecule has 1 atom stereocenters. The molecule has 0 aromatic heterocycles. The van der Waals surface area contributed by atoms with Gasteiger partial charge in [-0.2, -0.15) is 0 Å². The van der Waals surface area contributed by atoms with Crippen LogP contribution in [0.4, 0.5) is 5.69 Å². The van der Waals surface area contributed by atoms with Crippen molar-refractivity contribution >= 4 is 23.1 Å². The van der Waals surface area contributed by atoms with E-state index < -0.39 is 17.7 Å². The van der Waals surface area contributed by atoms with E-state index in [1.54, 1.807) is 48.5 Å². The minimum Gasteiger partial charge on any atom is -0.507 e. The van der Waals surface area contributed by atoms with Gasteiger partial charge >= 0.3 is 0 Å². The van der Waals surface area contributed by atoms with Gasteiger partial charge in [0, 0.05) is 22.9 Å². The molecule has 178 valence electrons. The second-order valence-corrected chi connectivity index (χ2v) is 8.29. The molecule has 0 aliphatic carbocycles. The van der Waals surface area contributed by atoms with Gasteiger partial charge in [-0.3, -0.25) is 14.5 Å². The van der Waals surface area contributed by atoms with Gasteiger partial charge in [-0.15, -0.1) is 0 Å². The van der Waals surface area contributed by atoms with Gasteiger partial charge < -0.3 is 19.3 Å². The van der Waals surface area contributed by atoms with E-state index >= 15 is 0 Å². The smallest absolute Gasteiger partial charge is 0.300 e. The number of carbonyl (C=O) groups excluding carboxylic acids is 2. The SMILES string of the molecule is CCc1ccc(/C(O)=C2\C(=O)C(=O)N(c3ccc4c(c3)OCCO4)C2c2ccccc2OC)cc1. The van der Waals surface area contributed by atoms with Crippen LogP contribution in [0.25, 0.3) is 5.76 Å². The van der Waals surface area contributed by atoms with Crippen molar-refractivity contribution in [3.63, 3.8) is 0 Å². The molecule has 1 amide bonds. The van der Waals surface area contributed by atoms with Crippen molar-refractivity contribution < 1.29 is 28.9 Å². The number of fused-ring (bicyclic) bond motifs is 1. The number of aliphatic hydroxyl groups is 1. The molecule has 2 heterocycles. The number of ketones is 1. The fourth-order valence-electron chi connectivity index (χ4n) is 4.52. The second kappa shape index (κ2) is 9.18. The Morgan fingerprint density at radius 1 is 1.00 bits per heavy atom. The Labute approximate surface area is 203 Å². The quantitative estimate of drug-likeness (QED) is 0.331. The molecule has 7 heteroatoms. The molecule has 0 spiro atoms. The van der Waals surface area contributed by atoms with E-state index in [9.17, 15) is 14.7 Å². The summed E-state index contributed by atoms with van der Waals surface area (Å²) in [5.74, 6) is -0.195. The molecule has 1 unspecified atom stereocenters. The third kappa shape index (κ3) is 3.89. The minimum absolute atomic E-state index is 0.00126. The van der Waals surface area contributed by atoms with Gasteiger partial charge in [-0.05, 0) is 30.2 Å². The summed E-state index contributed by atoms with van der Waals surface area (Å²) in [6.45, 7) is 2.86. The number of anilines is 1. The Kier molecular flexibility index (Phi) is 5.91. The van der Waals surface area contributed by atoms with E-state index in [1.165, 1.54) is 12.0 Å². The van der Waals surface area contributed by atoms with Gasteiger partial charge in [-0.25, -0.2) is 0 Å². The van der Waals surface area contributed by atoms with Gasteiger partial charge in [0.2, 0.25) is 0 Å². The molecule has 35 heavy (non-hydrogen) atoms. The van der Waals surface area contributed by atoms with E-state index in [0.717, 1.165) is 12.0 Å². The predicted molar refractivity (Wildman–Crippen MR) is 131 cm³/mol. The van der Waals surface area contributed by atoms with Crippen LogP contribution in [0.3, 0.4) is 0 Å². The molecule has 1 saturated heterocycles. The lowest BCUT2D eigenvalue weighted by Gasteiger charge is -2.28. The maximum absolute atomic E-state index is 13.4. The Bertz CT molecular complexity index is 1330. The van der Waals surface area contributed by atoms with Crippen molar-refractivity contribution in [3.05, 3.63) is 89.0 Å². The number of Topliss-reactive ketones (excluding diaryl/α,β-unsaturated/α-hetero) is 1. The average molecular weight is 472 g/mol. The third-order valence-electron chi connectivity index (χ3n) is 6.32. The lowest BCUT2D eigenvalue weighted by atomic mass is 9.94. The third-order valence-corrected chi connectivity index (χ3v) is 6.32. The van der Waals surface area contributed by atoms with Gasteiger partial charge in [0.05, 0.1) is 18.7 Å². The molecular weight excluding hydrogens is 446 g/mol. The van der Waals surface area contributed by atoms with Crippen molar-refractivity contribution in [2.24, 2.45) is 0 Å². The highest BCUT2D eigenvalue weighted by atomic mass is 16.6. The zero-order valence-electron chi connectivity index (χ0n) is 19.5. The van der Waals surface area contributed by atoms with Crippen LogP contribution >= 0.6 is 0 Å². The van der Waals surface area contributed by atoms with Crippen molar-refractivity contribution in [2.75, 3.05) is 25.2 Å². The second-order valence-electron chi connectivity index (χ2n) is 8.29. The number of rotatable bonds is 5. The number of amides is 1. The van der Waals surface area contributed by atoms with E-state index in [0.29, 0.717) is 47.3 Å². The summed E-state index contributed by atoms with van der Waals surface area (Å²) in [7, 11) is 1.53. The first-order valence-electron chi connectivity index (χ1n) is 11.5. The summed E-state index contributed by atoms with van der Waals surface area (Å²) >= 11 is 0. The number of benzene rings is 3. The van der Waals surface area contributed by atoms with Crippen LogP contribution in [-0.2, 0) is 16.0 Å². The summed E-state index contributed by atoms with van der Waals surface area (Å²) in [5, 5.41) is 11.3. The van der Waals surface area contributed by atoms with Crippen LogP contribution in [0, 0.1) is 0 Å². The Morgan fingerprint density at radius 3 is 2.43 bits per heavy atom. The van der Waals surface area contributed by atoms with Gasteiger partial charge in [0.1, 0.15) is 24.7 Å². The normalized spacial score (nSPS) is 18.6. The average Bonchev–Trinajstić information content (AvgIpc) is 3.17. The van der Waals surface area contributed by atoms with Gasteiger partial charge in [-0.1, -0.05) is 49.4 Å². The van der Waals surface area contributed by atoms with Crippen molar-refractivity contribution in [1.29, 1.82) is 0 Å². The molecule has 1 N–H and O–H groups in total. The molecule has 3 aromatic carbocycles.